The van der Waals surface area contributed by atoms with E-state index in [4.69, 9.17) is 0 Å². The van der Waals surface area contributed by atoms with Crippen LogP contribution in [0.1, 0.15) is 12.5 Å². The van der Waals surface area contributed by atoms with Gasteiger partial charge in [0.2, 0.25) is 16.0 Å². The molecule has 1 unspecified atom stereocenters. The molecule has 128 valence electrons. The lowest BCUT2D eigenvalue weighted by molar-refractivity contribution is 0.340. The molecule has 1 atom stereocenters. The highest BCUT2D eigenvalue weighted by Crippen LogP contribution is 2.21. The minimum Gasteiger partial charge on any atom is -0.351 e. The van der Waals surface area contributed by atoms with Crippen LogP contribution in [-0.2, 0) is 15.8 Å². The Hall–Kier alpha value is -1.99. The Morgan fingerprint density at radius 3 is 2.54 bits per heavy atom. The highest BCUT2D eigenvalue weighted by atomic mass is 32.2. The van der Waals surface area contributed by atoms with E-state index in [0.717, 1.165) is 5.56 Å². The number of nitrogens with zero attached hydrogens (tertiary/aromatic N) is 3. The van der Waals surface area contributed by atoms with E-state index < -0.39 is 16.0 Å². The molecular formula is C17H20FN3O2S. The van der Waals surface area contributed by atoms with Gasteiger partial charge in [0.15, 0.2) is 0 Å². The normalized spacial score (nSPS) is 19.4. The van der Waals surface area contributed by atoms with Crippen molar-refractivity contribution in [3.63, 3.8) is 0 Å². The molecule has 2 heterocycles. The van der Waals surface area contributed by atoms with Crippen LogP contribution in [0.5, 0.6) is 0 Å². The van der Waals surface area contributed by atoms with E-state index in [-0.39, 0.29) is 11.8 Å². The van der Waals surface area contributed by atoms with Crippen LogP contribution in [0.25, 0.3) is 0 Å². The average Bonchev–Trinajstić information content (AvgIpc) is 2.55. The molecule has 1 aromatic heterocycles. The molecule has 2 aromatic rings. The first-order valence-electron chi connectivity index (χ1n) is 7.87. The minimum absolute atomic E-state index is 0.00122. The van der Waals surface area contributed by atoms with E-state index in [9.17, 15) is 12.8 Å². The fraction of sp³-hybridized carbons (Fsp3) is 0.353. The van der Waals surface area contributed by atoms with E-state index in [2.05, 4.69) is 4.98 Å². The van der Waals surface area contributed by atoms with Gasteiger partial charge in [0, 0.05) is 25.7 Å². The molecule has 0 aliphatic carbocycles. The van der Waals surface area contributed by atoms with Crippen molar-refractivity contribution in [2.75, 3.05) is 24.5 Å². The molecule has 0 amide bonds. The van der Waals surface area contributed by atoms with Crippen molar-refractivity contribution in [1.29, 1.82) is 0 Å². The summed E-state index contributed by atoms with van der Waals surface area (Å²) in [5.74, 6) is 0.0140. The van der Waals surface area contributed by atoms with E-state index in [1.807, 2.05) is 42.2 Å². The zero-order valence-electron chi connectivity index (χ0n) is 13.5. The molecule has 1 aliphatic rings. The lowest BCUT2D eigenvalue weighted by Crippen LogP contribution is -2.54. The Balaban J connectivity index is 1.71. The first-order chi connectivity index (χ1) is 11.5. The maximum Gasteiger partial charge on any atom is 0.218 e. The minimum atomic E-state index is -3.37. The van der Waals surface area contributed by atoms with Gasteiger partial charge in [0.1, 0.15) is 5.82 Å². The van der Waals surface area contributed by atoms with E-state index >= 15 is 0 Å². The monoisotopic (exact) mass is 349 g/mol. The smallest absolute Gasteiger partial charge is 0.218 e. The predicted octanol–water partition coefficient (Wildman–Crippen LogP) is 2.26. The van der Waals surface area contributed by atoms with Crippen molar-refractivity contribution in [2.24, 2.45) is 0 Å². The second-order valence-electron chi connectivity index (χ2n) is 5.96. The lowest BCUT2D eigenvalue weighted by Gasteiger charge is -2.39. The van der Waals surface area contributed by atoms with Gasteiger partial charge in [-0.3, -0.25) is 0 Å². The van der Waals surface area contributed by atoms with Crippen LogP contribution in [0.2, 0.25) is 0 Å². The Labute approximate surface area is 141 Å². The third-order valence-corrected chi connectivity index (χ3v) is 5.99. The summed E-state index contributed by atoms with van der Waals surface area (Å²) in [7, 11) is -3.37. The Morgan fingerprint density at radius 2 is 1.88 bits per heavy atom. The molecule has 0 spiro atoms. The van der Waals surface area contributed by atoms with Crippen molar-refractivity contribution in [3.05, 3.63) is 60.0 Å². The number of pyridine rings is 1. The largest absolute Gasteiger partial charge is 0.351 e. The molecule has 1 fully saturated rings. The van der Waals surface area contributed by atoms with E-state index in [0.29, 0.717) is 25.5 Å². The molecule has 24 heavy (non-hydrogen) atoms. The molecule has 7 heteroatoms. The van der Waals surface area contributed by atoms with Crippen LogP contribution < -0.4 is 4.90 Å². The van der Waals surface area contributed by atoms with Crippen molar-refractivity contribution in [1.82, 2.24) is 9.29 Å². The topological polar surface area (TPSA) is 53.5 Å². The highest BCUT2D eigenvalue weighted by molar-refractivity contribution is 7.88. The molecule has 1 saturated heterocycles. The van der Waals surface area contributed by atoms with Gasteiger partial charge in [0.05, 0.1) is 5.75 Å². The van der Waals surface area contributed by atoms with Gasteiger partial charge >= 0.3 is 0 Å². The van der Waals surface area contributed by atoms with Crippen LogP contribution in [0.15, 0.2) is 48.5 Å². The van der Waals surface area contributed by atoms with Gasteiger partial charge < -0.3 is 4.90 Å². The van der Waals surface area contributed by atoms with Crippen LogP contribution in [-0.4, -0.2) is 43.4 Å². The summed E-state index contributed by atoms with van der Waals surface area (Å²) < 4.78 is 40.1. The van der Waals surface area contributed by atoms with E-state index in [1.54, 1.807) is 12.1 Å². The SMILES string of the molecule is CC1CN(S(=O)(=O)Cc2ccccc2)CCN1c1cccc(F)n1. The Kier molecular flexibility index (Phi) is 4.82. The Morgan fingerprint density at radius 1 is 1.12 bits per heavy atom. The summed E-state index contributed by atoms with van der Waals surface area (Å²) in [6.07, 6.45) is 0. The standard InChI is InChI=1S/C17H20FN3O2S/c1-14-12-20(24(22,23)13-15-6-3-2-4-7-15)10-11-21(14)17-9-5-8-16(18)19-17/h2-9,14H,10-13H2,1H3. The van der Waals surface area contributed by atoms with Crippen LogP contribution in [0, 0.1) is 5.95 Å². The third kappa shape index (κ3) is 3.73. The zero-order valence-corrected chi connectivity index (χ0v) is 14.3. The number of piperazine rings is 1. The number of benzene rings is 1. The summed E-state index contributed by atoms with van der Waals surface area (Å²) in [5.41, 5.74) is 0.777. The van der Waals surface area contributed by atoms with Crippen molar-refractivity contribution >= 4 is 15.8 Å². The summed E-state index contributed by atoms with van der Waals surface area (Å²) in [6, 6.07) is 13.7. The van der Waals surface area contributed by atoms with Crippen molar-refractivity contribution in [3.8, 4) is 0 Å². The number of hydrogen-bond donors (Lipinski definition) is 0. The molecule has 0 N–H and O–H groups in total. The maximum atomic E-state index is 13.3. The van der Waals surface area contributed by atoms with Gasteiger partial charge in [-0.05, 0) is 24.6 Å². The average molecular weight is 349 g/mol. The summed E-state index contributed by atoms with van der Waals surface area (Å²) in [4.78, 5) is 5.84. The van der Waals surface area contributed by atoms with Gasteiger partial charge in [-0.15, -0.1) is 0 Å². The van der Waals surface area contributed by atoms with Gasteiger partial charge in [-0.1, -0.05) is 36.4 Å². The fourth-order valence-corrected chi connectivity index (χ4v) is 4.55. The van der Waals surface area contributed by atoms with E-state index in [1.165, 1.54) is 10.4 Å². The summed E-state index contributed by atoms with van der Waals surface area (Å²) in [6.45, 7) is 3.16. The van der Waals surface area contributed by atoms with Gasteiger partial charge in [0.25, 0.3) is 0 Å². The summed E-state index contributed by atoms with van der Waals surface area (Å²) >= 11 is 0. The number of halogens is 1. The van der Waals surface area contributed by atoms with Crippen LogP contribution >= 0.6 is 0 Å². The van der Waals surface area contributed by atoms with Crippen LogP contribution in [0.3, 0.4) is 0 Å². The molecule has 3 rings (SSSR count). The first-order valence-corrected chi connectivity index (χ1v) is 9.47. The lowest BCUT2D eigenvalue weighted by atomic mass is 10.2. The molecule has 1 aliphatic heterocycles. The molecule has 1 aromatic carbocycles. The number of sulfonamides is 1. The molecule has 0 bridgehead atoms. The van der Waals surface area contributed by atoms with Gasteiger partial charge in [-0.25, -0.2) is 13.4 Å². The molecule has 5 nitrogen and oxygen atoms in total. The number of anilines is 1. The fourth-order valence-electron chi connectivity index (χ4n) is 2.95. The molecule has 0 saturated carbocycles. The zero-order chi connectivity index (χ0) is 17.2. The van der Waals surface area contributed by atoms with Crippen molar-refractivity contribution in [2.45, 2.75) is 18.7 Å². The highest BCUT2D eigenvalue weighted by Gasteiger charge is 2.31. The van der Waals surface area contributed by atoms with Crippen LogP contribution in [0.4, 0.5) is 10.2 Å². The number of rotatable bonds is 4. The summed E-state index contributed by atoms with van der Waals surface area (Å²) in [5, 5.41) is 0. The second kappa shape index (κ2) is 6.86. The number of aromatic nitrogens is 1. The predicted molar refractivity (Wildman–Crippen MR) is 91.6 cm³/mol. The van der Waals surface area contributed by atoms with Gasteiger partial charge in [-0.2, -0.15) is 8.70 Å². The molecule has 0 radical (unpaired) electrons. The Bertz CT molecular complexity index is 798. The van der Waals surface area contributed by atoms with Crippen molar-refractivity contribution < 1.29 is 12.8 Å². The quantitative estimate of drug-likeness (QED) is 0.795. The maximum absolute atomic E-state index is 13.3. The number of hydrogen-bond acceptors (Lipinski definition) is 4. The second-order valence-corrected chi connectivity index (χ2v) is 7.93. The first kappa shape index (κ1) is 16.9. The third-order valence-electron chi connectivity index (χ3n) is 4.17. The molecular weight excluding hydrogens is 329 g/mol.